The summed E-state index contributed by atoms with van der Waals surface area (Å²) in [5, 5.41) is 4.11. The van der Waals surface area contributed by atoms with E-state index < -0.39 is 0 Å². The van der Waals surface area contributed by atoms with Crippen molar-refractivity contribution >= 4 is 17.2 Å². The molecular weight excluding hydrogens is 270 g/mol. The van der Waals surface area contributed by atoms with E-state index in [4.69, 9.17) is 0 Å². The average molecular weight is 295 g/mol. The largest absolute Gasteiger partial charge is 0.351 e. The van der Waals surface area contributed by atoms with Crippen molar-refractivity contribution in [3.63, 3.8) is 0 Å². The van der Waals surface area contributed by atoms with E-state index in [1.807, 2.05) is 13.8 Å². The van der Waals surface area contributed by atoms with Gasteiger partial charge in [0, 0.05) is 11.3 Å². The summed E-state index contributed by atoms with van der Waals surface area (Å²) in [7, 11) is 0. The van der Waals surface area contributed by atoms with E-state index in [9.17, 15) is 4.79 Å². The number of carbonyl (C=O) groups excluding carboxylic acids is 1. The molecule has 4 nitrogen and oxygen atoms in total. The molecule has 0 aromatic carbocycles. The SMILES string of the molecule is CCN1CCC(CC(=O)NCc2sc(C)nc2C)CC1. The number of hydrogen-bond acceptors (Lipinski definition) is 4. The Labute approximate surface area is 125 Å². The van der Waals surface area contributed by atoms with Crippen LogP contribution in [0.25, 0.3) is 0 Å². The summed E-state index contributed by atoms with van der Waals surface area (Å²) in [6.07, 6.45) is 2.98. The molecule has 1 N–H and O–H groups in total. The molecule has 1 saturated heterocycles. The molecule has 2 heterocycles. The fourth-order valence-electron chi connectivity index (χ4n) is 2.76. The molecule has 1 aromatic heterocycles. The van der Waals surface area contributed by atoms with Crippen LogP contribution in [-0.2, 0) is 11.3 Å². The minimum Gasteiger partial charge on any atom is -0.351 e. The number of thiazole rings is 1. The van der Waals surface area contributed by atoms with Crippen LogP contribution in [0, 0.1) is 19.8 Å². The van der Waals surface area contributed by atoms with Gasteiger partial charge in [0.2, 0.25) is 5.91 Å². The molecular formula is C15H25N3OS. The van der Waals surface area contributed by atoms with Gasteiger partial charge in [-0.15, -0.1) is 11.3 Å². The third-order valence-electron chi connectivity index (χ3n) is 4.07. The van der Waals surface area contributed by atoms with Gasteiger partial charge in [-0.2, -0.15) is 0 Å². The van der Waals surface area contributed by atoms with Crippen molar-refractivity contribution in [1.82, 2.24) is 15.2 Å². The fraction of sp³-hybridized carbons (Fsp3) is 0.733. The van der Waals surface area contributed by atoms with E-state index in [2.05, 4.69) is 22.1 Å². The van der Waals surface area contributed by atoms with Gasteiger partial charge < -0.3 is 10.2 Å². The number of hydrogen-bond donors (Lipinski definition) is 1. The van der Waals surface area contributed by atoms with Gasteiger partial charge in [-0.3, -0.25) is 4.79 Å². The smallest absolute Gasteiger partial charge is 0.220 e. The van der Waals surface area contributed by atoms with Crippen LogP contribution < -0.4 is 5.32 Å². The molecule has 0 bridgehead atoms. The van der Waals surface area contributed by atoms with E-state index in [-0.39, 0.29) is 5.91 Å². The molecule has 5 heteroatoms. The van der Waals surface area contributed by atoms with Gasteiger partial charge in [-0.05, 0) is 52.2 Å². The Morgan fingerprint density at radius 2 is 2.10 bits per heavy atom. The van der Waals surface area contributed by atoms with Gasteiger partial charge in [0.1, 0.15) is 0 Å². The summed E-state index contributed by atoms with van der Waals surface area (Å²) in [5.41, 5.74) is 1.05. The summed E-state index contributed by atoms with van der Waals surface area (Å²) in [4.78, 5) is 20.0. The van der Waals surface area contributed by atoms with Crippen molar-refractivity contribution in [2.24, 2.45) is 5.92 Å². The Morgan fingerprint density at radius 1 is 1.40 bits per heavy atom. The van der Waals surface area contributed by atoms with Crippen LogP contribution in [0.4, 0.5) is 0 Å². The van der Waals surface area contributed by atoms with E-state index in [0.717, 1.165) is 43.2 Å². The molecule has 1 fully saturated rings. The highest BCUT2D eigenvalue weighted by Crippen LogP contribution is 2.21. The predicted molar refractivity (Wildman–Crippen MR) is 82.9 cm³/mol. The van der Waals surface area contributed by atoms with Crippen LogP contribution in [0.5, 0.6) is 0 Å². The van der Waals surface area contributed by atoms with E-state index in [1.165, 1.54) is 4.88 Å². The van der Waals surface area contributed by atoms with Crippen molar-refractivity contribution in [2.75, 3.05) is 19.6 Å². The first kappa shape index (κ1) is 15.4. The van der Waals surface area contributed by atoms with Crippen LogP contribution >= 0.6 is 11.3 Å². The van der Waals surface area contributed by atoms with Crippen LogP contribution in [0.3, 0.4) is 0 Å². The molecule has 1 amide bonds. The van der Waals surface area contributed by atoms with Crippen molar-refractivity contribution in [2.45, 2.75) is 46.6 Å². The van der Waals surface area contributed by atoms with Crippen molar-refractivity contribution in [3.05, 3.63) is 15.6 Å². The second-order valence-corrected chi connectivity index (χ2v) is 6.89. The lowest BCUT2D eigenvalue weighted by Crippen LogP contribution is -2.35. The molecule has 2 rings (SSSR count). The lowest BCUT2D eigenvalue weighted by Gasteiger charge is -2.30. The Hall–Kier alpha value is -0.940. The first-order valence-electron chi connectivity index (χ1n) is 7.50. The van der Waals surface area contributed by atoms with Crippen LogP contribution in [0.1, 0.15) is 41.8 Å². The molecule has 0 unspecified atom stereocenters. The van der Waals surface area contributed by atoms with Gasteiger partial charge in [-0.25, -0.2) is 4.98 Å². The minimum absolute atomic E-state index is 0.186. The Balaban J connectivity index is 1.72. The fourth-order valence-corrected chi connectivity index (χ4v) is 3.63. The topological polar surface area (TPSA) is 45.2 Å². The minimum atomic E-state index is 0.186. The highest BCUT2D eigenvalue weighted by molar-refractivity contribution is 7.11. The first-order chi connectivity index (χ1) is 9.58. The molecule has 0 radical (unpaired) electrons. The van der Waals surface area contributed by atoms with Gasteiger partial charge >= 0.3 is 0 Å². The Kier molecular flexibility index (Phi) is 5.54. The number of nitrogens with one attached hydrogen (secondary N) is 1. The van der Waals surface area contributed by atoms with Crippen molar-refractivity contribution in [3.8, 4) is 0 Å². The lowest BCUT2D eigenvalue weighted by molar-refractivity contribution is -0.122. The van der Waals surface area contributed by atoms with Gasteiger partial charge in [0.15, 0.2) is 0 Å². The van der Waals surface area contributed by atoms with Crippen molar-refractivity contribution < 1.29 is 4.79 Å². The number of rotatable bonds is 5. The summed E-state index contributed by atoms with van der Waals surface area (Å²) >= 11 is 1.67. The lowest BCUT2D eigenvalue weighted by atomic mass is 9.93. The number of aromatic nitrogens is 1. The number of piperidine rings is 1. The molecule has 1 aromatic rings. The standard InChI is InChI=1S/C15H25N3OS/c1-4-18-7-5-13(6-8-18)9-15(19)16-10-14-11(2)17-12(3)20-14/h13H,4-10H2,1-3H3,(H,16,19). The van der Waals surface area contributed by atoms with Crippen LogP contribution in [0.2, 0.25) is 0 Å². The summed E-state index contributed by atoms with van der Waals surface area (Å²) in [6.45, 7) is 10.2. The molecule has 0 aliphatic carbocycles. The van der Waals surface area contributed by atoms with E-state index >= 15 is 0 Å². The highest BCUT2D eigenvalue weighted by Gasteiger charge is 2.20. The van der Waals surface area contributed by atoms with E-state index in [0.29, 0.717) is 18.9 Å². The predicted octanol–water partition coefficient (Wildman–Crippen LogP) is 2.50. The number of carbonyl (C=O) groups is 1. The Morgan fingerprint density at radius 3 is 2.65 bits per heavy atom. The summed E-state index contributed by atoms with van der Waals surface area (Å²) in [5.74, 6) is 0.743. The molecule has 0 saturated carbocycles. The van der Waals surface area contributed by atoms with E-state index in [1.54, 1.807) is 11.3 Å². The zero-order valence-corrected chi connectivity index (χ0v) is 13.6. The first-order valence-corrected chi connectivity index (χ1v) is 8.32. The Bertz CT molecular complexity index is 450. The third kappa shape index (κ3) is 4.28. The molecule has 0 atom stereocenters. The van der Waals surface area contributed by atoms with Crippen LogP contribution in [-0.4, -0.2) is 35.4 Å². The summed E-state index contributed by atoms with van der Waals surface area (Å²) in [6, 6.07) is 0. The van der Waals surface area contributed by atoms with Crippen LogP contribution in [0.15, 0.2) is 0 Å². The average Bonchev–Trinajstić information content (AvgIpc) is 2.75. The second kappa shape index (κ2) is 7.18. The normalized spacial score (nSPS) is 17.4. The number of amides is 1. The summed E-state index contributed by atoms with van der Waals surface area (Å²) < 4.78 is 0. The van der Waals surface area contributed by atoms with Crippen molar-refractivity contribution in [1.29, 1.82) is 0 Å². The number of likely N-dealkylation sites (tertiary alicyclic amines) is 1. The highest BCUT2D eigenvalue weighted by atomic mass is 32.1. The molecule has 1 aliphatic rings. The number of aryl methyl sites for hydroxylation is 2. The quantitative estimate of drug-likeness (QED) is 0.908. The van der Waals surface area contributed by atoms with Gasteiger partial charge in [0.25, 0.3) is 0 Å². The zero-order chi connectivity index (χ0) is 14.5. The molecule has 1 aliphatic heterocycles. The van der Waals surface area contributed by atoms with Gasteiger partial charge in [-0.1, -0.05) is 6.92 Å². The zero-order valence-electron chi connectivity index (χ0n) is 12.7. The molecule has 0 spiro atoms. The second-order valence-electron chi connectivity index (χ2n) is 5.60. The number of nitrogens with zero attached hydrogens (tertiary/aromatic N) is 2. The van der Waals surface area contributed by atoms with Gasteiger partial charge in [0.05, 0.1) is 17.2 Å². The maximum absolute atomic E-state index is 12.0. The molecule has 20 heavy (non-hydrogen) atoms. The third-order valence-corrected chi connectivity index (χ3v) is 5.15. The maximum Gasteiger partial charge on any atom is 0.220 e. The maximum atomic E-state index is 12.0. The molecule has 112 valence electrons. The monoisotopic (exact) mass is 295 g/mol.